The first-order valence-electron chi connectivity index (χ1n) is 7.56. The Morgan fingerprint density at radius 3 is 3.05 bits per heavy atom. The summed E-state index contributed by atoms with van der Waals surface area (Å²) in [6, 6.07) is 4.80. The molecule has 1 amide bonds. The van der Waals surface area contributed by atoms with E-state index in [4.69, 9.17) is 0 Å². The average Bonchev–Trinajstić information content (AvgIpc) is 2.90. The van der Waals surface area contributed by atoms with Crippen LogP contribution in [0, 0.1) is 11.7 Å². The van der Waals surface area contributed by atoms with Gasteiger partial charge in [0.25, 0.3) is 0 Å². The SMILES string of the molecule is C[C@H](CNc1ncnc2cccc(F)c12)CN1CCCC1=O. The van der Waals surface area contributed by atoms with Crippen LogP contribution in [0.2, 0.25) is 0 Å². The van der Waals surface area contributed by atoms with Crippen molar-refractivity contribution in [3.8, 4) is 0 Å². The van der Waals surface area contributed by atoms with Crippen LogP contribution in [0.25, 0.3) is 10.9 Å². The molecule has 0 saturated carbocycles. The number of benzene rings is 1. The maximum absolute atomic E-state index is 14.0. The molecular formula is C16H19FN4O. The molecule has 1 aromatic heterocycles. The van der Waals surface area contributed by atoms with Crippen molar-refractivity contribution in [2.24, 2.45) is 5.92 Å². The minimum absolute atomic E-state index is 0.227. The van der Waals surface area contributed by atoms with Crippen molar-refractivity contribution in [3.05, 3.63) is 30.3 Å². The van der Waals surface area contributed by atoms with Crippen molar-refractivity contribution >= 4 is 22.6 Å². The summed E-state index contributed by atoms with van der Waals surface area (Å²) in [7, 11) is 0. The van der Waals surface area contributed by atoms with Gasteiger partial charge in [-0.1, -0.05) is 13.0 Å². The summed E-state index contributed by atoms with van der Waals surface area (Å²) in [6.07, 6.45) is 3.03. The highest BCUT2D eigenvalue weighted by Crippen LogP contribution is 2.22. The smallest absolute Gasteiger partial charge is 0.222 e. The van der Waals surface area contributed by atoms with Crippen LogP contribution in [0.3, 0.4) is 0 Å². The first-order chi connectivity index (χ1) is 10.6. The summed E-state index contributed by atoms with van der Waals surface area (Å²) >= 11 is 0. The monoisotopic (exact) mass is 302 g/mol. The summed E-state index contributed by atoms with van der Waals surface area (Å²) in [6.45, 7) is 4.26. The highest BCUT2D eigenvalue weighted by atomic mass is 19.1. The second-order valence-electron chi connectivity index (χ2n) is 5.79. The predicted octanol–water partition coefficient (Wildman–Crippen LogP) is 2.44. The zero-order chi connectivity index (χ0) is 15.5. The van der Waals surface area contributed by atoms with E-state index >= 15 is 0 Å². The summed E-state index contributed by atoms with van der Waals surface area (Å²) in [4.78, 5) is 21.8. The quantitative estimate of drug-likeness (QED) is 0.921. The van der Waals surface area contributed by atoms with Gasteiger partial charge >= 0.3 is 0 Å². The molecule has 1 saturated heterocycles. The number of carbonyl (C=O) groups is 1. The van der Waals surface area contributed by atoms with Crippen molar-refractivity contribution in [1.29, 1.82) is 0 Å². The van der Waals surface area contributed by atoms with Gasteiger partial charge in [0.2, 0.25) is 5.91 Å². The fraction of sp³-hybridized carbons (Fsp3) is 0.438. The second-order valence-corrected chi connectivity index (χ2v) is 5.79. The Balaban J connectivity index is 1.67. The van der Waals surface area contributed by atoms with Crippen LogP contribution < -0.4 is 5.32 Å². The maximum atomic E-state index is 14.0. The zero-order valence-corrected chi connectivity index (χ0v) is 12.6. The molecule has 116 valence electrons. The van der Waals surface area contributed by atoms with Gasteiger partial charge in [-0.15, -0.1) is 0 Å². The van der Waals surface area contributed by atoms with E-state index in [-0.39, 0.29) is 17.6 Å². The summed E-state index contributed by atoms with van der Waals surface area (Å²) in [5, 5.41) is 3.60. The Hall–Kier alpha value is -2.24. The van der Waals surface area contributed by atoms with Crippen molar-refractivity contribution in [2.45, 2.75) is 19.8 Å². The summed E-state index contributed by atoms with van der Waals surface area (Å²) in [5.74, 6) is 0.662. The molecule has 0 radical (unpaired) electrons. The van der Waals surface area contributed by atoms with Crippen LogP contribution in [0.15, 0.2) is 24.5 Å². The summed E-state index contributed by atoms with van der Waals surface area (Å²) < 4.78 is 14.0. The number of aromatic nitrogens is 2. The molecule has 2 heterocycles. The number of hydrogen-bond donors (Lipinski definition) is 1. The standard InChI is InChI=1S/C16H19FN4O/c1-11(9-21-7-3-6-14(21)22)8-18-16-15-12(17)4-2-5-13(15)19-10-20-16/h2,4-5,10-11H,3,6-9H2,1H3,(H,18,19,20)/t11-/m1/s1. The van der Waals surface area contributed by atoms with Crippen molar-refractivity contribution in [2.75, 3.05) is 25.0 Å². The number of halogens is 1. The van der Waals surface area contributed by atoms with E-state index in [1.165, 1.54) is 12.4 Å². The van der Waals surface area contributed by atoms with Crippen molar-refractivity contribution in [3.63, 3.8) is 0 Å². The van der Waals surface area contributed by atoms with Gasteiger partial charge < -0.3 is 10.2 Å². The molecule has 1 fully saturated rings. The average molecular weight is 302 g/mol. The minimum Gasteiger partial charge on any atom is -0.369 e. The topological polar surface area (TPSA) is 58.1 Å². The third-order valence-electron chi connectivity index (χ3n) is 3.93. The van der Waals surface area contributed by atoms with Gasteiger partial charge in [0.1, 0.15) is 18.0 Å². The number of likely N-dealkylation sites (tertiary alicyclic amines) is 1. The van der Waals surface area contributed by atoms with Gasteiger partial charge in [-0.2, -0.15) is 0 Å². The second kappa shape index (κ2) is 6.25. The van der Waals surface area contributed by atoms with Gasteiger partial charge in [-0.25, -0.2) is 14.4 Å². The lowest BCUT2D eigenvalue weighted by Gasteiger charge is -2.21. The molecule has 5 nitrogen and oxygen atoms in total. The molecule has 1 aromatic carbocycles. The van der Waals surface area contributed by atoms with Crippen LogP contribution in [-0.2, 0) is 4.79 Å². The Morgan fingerprint density at radius 2 is 2.27 bits per heavy atom. The largest absolute Gasteiger partial charge is 0.369 e. The predicted molar refractivity (Wildman–Crippen MR) is 83.0 cm³/mol. The molecule has 0 unspecified atom stereocenters. The molecule has 6 heteroatoms. The van der Waals surface area contributed by atoms with E-state index in [2.05, 4.69) is 22.2 Å². The van der Waals surface area contributed by atoms with E-state index < -0.39 is 0 Å². The fourth-order valence-electron chi connectivity index (χ4n) is 2.81. The van der Waals surface area contributed by atoms with Crippen LogP contribution in [0.4, 0.5) is 10.2 Å². The van der Waals surface area contributed by atoms with Gasteiger partial charge in [-0.05, 0) is 24.5 Å². The lowest BCUT2D eigenvalue weighted by molar-refractivity contribution is -0.128. The molecule has 1 aliphatic heterocycles. The van der Waals surface area contributed by atoms with E-state index in [0.717, 1.165) is 19.5 Å². The molecule has 0 spiro atoms. The molecule has 22 heavy (non-hydrogen) atoms. The zero-order valence-electron chi connectivity index (χ0n) is 12.6. The van der Waals surface area contributed by atoms with E-state index in [1.54, 1.807) is 12.1 Å². The molecular weight excluding hydrogens is 283 g/mol. The normalized spacial score (nSPS) is 16.3. The van der Waals surface area contributed by atoms with E-state index in [1.807, 2.05) is 4.90 Å². The van der Waals surface area contributed by atoms with Gasteiger partial charge in [0.15, 0.2) is 0 Å². The van der Waals surface area contributed by atoms with E-state index in [0.29, 0.717) is 29.7 Å². The molecule has 1 aliphatic rings. The van der Waals surface area contributed by atoms with Crippen LogP contribution in [0.5, 0.6) is 0 Å². The fourth-order valence-corrected chi connectivity index (χ4v) is 2.81. The number of nitrogens with zero attached hydrogens (tertiary/aromatic N) is 3. The minimum atomic E-state index is -0.331. The number of carbonyl (C=O) groups excluding carboxylic acids is 1. The number of fused-ring (bicyclic) bond motifs is 1. The van der Waals surface area contributed by atoms with Crippen LogP contribution in [-0.4, -0.2) is 40.4 Å². The molecule has 1 N–H and O–H groups in total. The lowest BCUT2D eigenvalue weighted by atomic mass is 10.1. The van der Waals surface area contributed by atoms with E-state index in [9.17, 15) is 9.18 Å². The first kappa shape index (κ1) is 14.7. The van der Waals surface area contributed by atoms with Crippen LogP contribution >= 0.6 is 0 Å². The molecule has 3 rings (SSSR count). The Kier molecular flexibility index (Phi) is 4.18. The Bertz CT molecular complexity index is 686. The number of nitrogens with one attached hydrogen (secondary N) is 1. The number of hydrogen-bond acceptors (Lipinski definition) is 4. The lowest BCUT2D eigenvalue weighted by Crippen LogP contribution is -2.32. The van der Waals surface area contributed by atoms with Gasteiger partial charge in [0.05, 0.1) is 10.9 Å². The Morgan fingerprint density at radius 1 is 1.41 bits per heavy atom. The molecule has 1 atom stereocenters. The third-order valence-corrected chi connectivity index (χ3v) is 3.93. The molecule has 2 aromatic rings. The van der Waals surface area contributed by atoms with Crippen molar-refractivity contribution in [1.82, 2.24) is 14.9 Å². The maximum Gasteiger partial charge on any atom is 0.222 e. The molecule has 0 aliphatic carbocycles. The highest BCUT2D eigenvalue weighted by molar-refractivity contribution is 5.89. The number of anilines is 1. The Labute approximate surface area is 128 Å². The molecule has 0 bridgehead atoms. The first-order valence-corrected chi connectivity index (χ1v) is 7.56. The van der Waals surface area contributed by atoms with Crippen molar-refractivity contribution < 1.29 is 9.18 Å². The van der Waals surface area contributed by atoms with Crippen LogP contribution in [0.1, 0.15) is 19.8 Å². The van der Waals surface area contributed by atoms with Gasteiger partial charge in [0, 0.05) is 26.1 Å². The summed E-state index contributed by atoms with van der Waals surface area (Å²) in [5.41, 5.74) is 0.583. The highest BCUT2D eigenvalue weighted by Gasteiger charge is 2.21. The third kappa shape index (κ3) is 3.00. The number of rotatable bonds is 5. The van der Waals surface area contributed by atoms with Gasteiger partial charge in [-0.3, -0.25) is 4.79 Å². The number of amides is 1.